The molecule has 1 aromatic carbocycles. The molecule has 5 nitrogen and oxygen atoms in total. The average molecular weight is 387 g/mol. The van der Waals surface area contributed by atoms with Crippen molar-refractivity contribution in [3.63, 3.8) is 0 Å². The molecule has 8 heteroatoms. The van der Waals surface area contributed by atoms with E-state index in [0.717, 1.165) is 9.18 Å². The lowest BCUT2D eigenvalue weighted by Gasteiger charge is -2.15. The SMILES string of the molecule is Cc1ccc(NC(=O)CCc2ccc(Cl)s2)cc1S(=O)(=O)N(C)C. The van der Waals surface area contributed by atoms with Gasteiger partial charge in [-0.3, -0.25) is 4.79 Å². The lowest BCUT2D eigenvalue weighted by Crippen LogP contribution is -2.23. The number of sulfonamides is 1. The Hall–Kier alpha value is -1.41. The Labute approximate surface area is 151 Å². The molecule has 0 bridgehead atoms. The van der Waals surface area contributed by atoms with Crippen LogP contribution in [0.1, 0.15) is 16.9 Å². The quantitative estimate of drug-likeness (QED) is 0.825. The Balaban J connectivity index is 2.08. The first-order chi connectivity index (χ1) is 11.2. The number of benzene rings is 1. The van der Waals surface area contributed by atoms with Crippen LogP contribution in [0.5, 0.6) is 0 Å². The minimum absolute atomic E-state index is 0.170. The highest BCUT2D eigenvalue weighted by atomic mass is 35.5. The summed E-state index contributed by atoms with van der Waals surface area (Å²) >= 11 is 7.31. The minimum atomic E-state index is -3.55. The third-order valence-corrected chi connectivity index (χ3v) is 6.71. The molecule has 2 rings (SSSR count). The molecule has 0 unspecified atom stereocenters. The predicted molar refractivity (Wildman–Crippen MR) is 98.3 cm³/mol. The second-order valence-corrected chi connectivity index (χ2v) is 9.44. The van der Waals surface area contributed by atoms with Crippen LogP contribution in [0.4, 0.5) is 5.69 Å². The maximum Gasteiger partial charge on any atom is 0.242 e. The van der Waals surface area contributed by atoms with E-state index in [4.69, 9.17) is 11.6 Å². The molecule has 0 aliphatic heterocycles. The Kier molecular flexibility index (Phi) is 6.03. The molecule has 1 N–H and O–H groups in total. The molecular weight excluding hydrogens is 368 g/mol. The highest BCUT2D eigenvalue weighted by Crippen LogP contribution is 2.24. The van der Waals surface area contributed by atoms with E-state index in [9.17, 15) is 13.2 Å². The Morgan fingerprint density at radius 3 is 2.54 bits per heavy atom. The molecule has 0 aliphatic carbocycles. The molecule has 1 amide bonds. The highest BCUT2D eigenvalue weighted by Gasteiger charge is 2.20. The van der Waals surface area contributed by atoms with Crippen LogP contribution >= 0.6 is 22.9 Å². The number of halogens is 1. The number of carbonyl (C=O) groups is 1. The molecule has 130 valence electrons. The van der Waals surface area contributed by atoms with Crippen molar-refractivity contribution >= 4 is 44.6 Å². The number of amides is 1. The normalized spacial score (nSPS) is 11.7. The summed E-state index contributed by atoms with van der Waals surface area (Å²) in [7, 11) is -0.593. The third kappa shape index (κ3) is 4.57. The summed E-state index contributed by atoms with van der Waals surface area (Å²) in [5, 5.41) is 2.75. The van der Waals surface area contributed by atoms with Gasteiger partial charge in [-0.15, -0.1) is 11.3 Å². The smallest absolute Gasteiger partial charge is 0.242 e. The van der Waals surface area contributed by atoms with E-state index in [2.05, 4.69) is 5.32 Å². The molecule has 0 radical (unpaired) electrons. The second-order valence-electron chi connectivity index (χ2n) is 5.52. The zero-order valence-electron chi connectivity index (χ0n) is 13.7. The van der Waals surface area contributed by atoms with Gasteiger partial charge in [0.15, 0.2) is 0 Å². The Bertz CT molecular complexity index is 845. The number of thiophene rings is 1. The molecule has 1 aromatic heterocycles. The van der Waals surface area contributed by atoms with Gasteiger partial charge in [0.25, 0.3) is 0 Å². The predicted octanol–water partition coefficient (Wildman–Crippen LogP) is 3.53. The first kappa shape index (κ1) is 18.9. The molecule has 24 heavy (non-hydrogen) atoms. The number of rotatable bonds is 6. The van der Waals surface area contributed by atoms with Crippen molar-refractivity contribution < 1.29 is 13.2 Å². The number of hydrogen-bond donors (Lipinski definition) is 1. The number of hydrogen-bond acceptors (Lipinski definition) is 4. The number of nitrogens with zero attached hydrogens (tertiary/aromatic N) is 1. The summed E-state index contributed by atoms with van der Waals surface area (Å²) in [5.74, 6) is -0.170. The summed E-state index contributed by atoms with van der Waals surface area (Å²) < 4.78 is 26.5. The van der Waals surface area contributed by atoms with Gasteiger partial charge in [-0.1, -0.05) is 17.7 Å². The zero-order chi connectivity index (χ0) is 17.9. The van der Waals surface area contributed by atoms with Crippen molar-refractivity contribution in [2.75, 3.05) is 19.4 Å². The van der Waals surface area contributed by atoms with E-state index in [1.807, 2.05) is 6.07 Å². The van der Waals surface area contributed by atoms with E-state index < -0.39 is 10.0 Å². The van der Waals surface area contributed by atoms with Gasteiger partial charge in [-0.25, -0.2) is 12.7 Å². The first-order valence-electron chi connectivity index (χ1n) is 7.27. The number of anilines is 1. The van der Waals surface area contributed by atoms with Crippen molar-refractivity contribution in [1.82, 2.24) is 4.31 Å². The minimum Gasteiger partial charge on any atom is -0.326 e. The summed E-state index contributed by atoms with van der Waals surface area (Å²) in [6, 6.07) is 8.57. The van der Waals surface area contributed by atoms with Crippen LogP contribution < -0.4 is 5.32 Å². The van der Waals surface area contributed by atoms with Crippen LogP contribution in [-0.2, 0) is 21.2 Å². The van der Waals surface area contributed by atoms with Crippen LogP contribution in [0.3, 0.4) is 0 Å². The van der Waals surface area contributed by atoms with Gasteiger partial charge in [0, 0.05) is 31.1 Å². The molecule has 0 spiro atoms. The fourth-order valence-electron chi connectivity index (χ4n) is 2.10. The van der Waals surface area contributed by atoms with Gasteiger partial charge in [0.2, 0.25) is 15.9 Å². The molecule has 1 heterocycles. The van der Waals surface area contributed by atoms with Gasteiger partial charge in [0.1, 0.15) is 0 Å². The Morgan fingerprint density at radius 1 is 1.25 bits per heavy atom. The summed E-state index contributed by atoms with van der Waals surface area (Å²) in [5.41, 5.74) is 1.10. The number of nitrogens with one attached hydrogen (secondary N) is 1. The topological polar surface area (TPSA) is 66.5 Å². The fraction of sp³-hybridized carbons (Fsp3) is 0.312. The number of aryl methyl sites for hydroxylation is 2. The van der Waals surface area contributed by atoms with Crippen LogP contribution in [0.2, 0.25) is 4.34 Å². The summed E-state index contributed by atoms with van der Waals surface area (Å²) in [6.07, 6.45) is 0.901. The van der Waals surface area contributed by atoms with Crippen LogP contribution in [0, 0.1) is 6.92 Å². The van der Waals surface area contributed by atoms with Gasteiger partial charge < -0.3 is 5.32 Å². The molecule has 0 atom stereocenters. The third-order valence-electron chi connectivity index (χ3n) is 3.46. The Morgan fingerprint density at radius 2 is 1.96 bits per heavy atom. The second kappa shape index (κ2) is 7.65. The van der Waals surface area contributed by atoms with Crippen LogP contribution in [0.25, 0.3) is 0 Å². The highest BCUT2D eigenvalue weighted by molar-refractivity contribution is 7.89. The fourth-order valence-corrected chi connectivity index (χ4v) is 4.33. The number of carbonyl (C=O) groups excluding carboxylic acids is 1. The van der Waals surface area contributed by atoms with Gasteiger partial charge >= 0.3 is 0 Å². The van der Waals surface area contributed by atoms with E-state index >= 15 is 0 Å². The molecule has 2 aromatic rings. The van der Waals surface area contributed by atoms with E-state index in [0.29, 0.717) is 28.4 Å². The van der Waals surface area contributed by atoms with Crippen molar-refractivity contribution in [1.29, 1.82) is 0 Å². The van der Waals surface area contributed by atoms with E-state index in [1.165, 1.54) is 31.5 Å². The van der Waals surface area contributed by atoms with Gasteiger partial charge in [-0.05, 0) is 43.2 Å². The van der Waals surface area contributed by atoms with Gasteiger partial charge in [-0.2, -0.15) is 0 Å². The van der Waals surface area contributed by atoms with Crippen molar-refractivity contribution in [3.05, 3.63) is 45.1 Å². The monoisotopic (exact) mass is 386 g/mol. The maximum absolute atomic E-state index is 12.3. The van der Waals surface area contributed by atoms with Crippen LogP contribution in [-0.4, -0.2) is 32.7 Å². The van der Waals surface area contributed by atoms with E-state index in [1.54, 1.807) is 25.1 Å². The standard InChI is InChI=1S/C16H19ClN2O3S2/c1-11-4-5-12(10-14(11)24(21,22)19(2)3)18-16(20)9-7-13-6-8-15(17)23-13/h4-6,8,10H,7,9H2,1-3H3,(H,18,20). The molecule has 0 aliphatic rings. The van der Waals surface area contributed by atoms with Crippen molar-refractivity contribution in [2.24, 2.45) is 0 Å². The van der Waals surface area contributed by atoms with Crippen molar-refractivity contribution in [2.45, 2.75) is 24.7 Å². The molecule has 0 fully saturated rings. The zero-order valence-corrected chi connectivity index (χ0v) is 16.1. The largest absolute Gasteiger partial charge is 0.326 e. The summed E-state index contributed by atoms with van der Waals surface area (Å²) in [6.45, 7) is 1.72. The maximum atomic E-state index is 12.3. The molecule has 0 saturated heterocycles. The van der Waals surface area contributed by atoms with Crippen molar-refractivity contribution in [3.8, 4) is 0 Å². The lowest BCUT2D eigenvalue weighted by molar-refractivity contribution is -0.116. The summed E-state index contributed by atoms with van der Waals surface area (Å²) in [4.78, 5) is 13.3. The van der Waals surface area contributed by atoms with Crippen LogP contribution in [0.15, 0.2) is 35.2 Å². The molecule has 0 saturated carbocycles. The van der Waals surface area contributed by atoms with Gasteiger partial charge in [0.05, 0.1) is 9.23 Å². The lowest BCUT2D eigenvalue weighted by atomic mass is 10.2. The average Bonchev–Trinajstić information content (AvgIpc) is 2.92. The van der Waals surface area contributed by atoms with E-state index in [-0.39, 0.29) is 10.8 Å². The molecular formula is C16H19ClN2O3S2. The first-order valence-corrected chi connectivity index (χ1v) is 9.91.